The lowest BCUT2D eigenvalue weighted by atomic mass is 9.54. The van der Waals surface area contributed by atoms with E-state index in [0.29, 0.717) is 12.5 Å². The Bertz CT molecular complexity index is 304. The zero-order chi connectivity index (χ0) is 12.7. The maximum Gasteiger partial charge on any atom is 0.322 e. The van der Waals surface area contributed by atoms with Gasteiger partial charge >= 0.3 is 5.97 Å². The van der Waals surface area contributed by atoms with Gasteiger partial charge in [-0.2, -0.15) is 0 Å². The van der Waals surface area contributed by atoms with Crippen LogP contribution in [-0.4, -0.2) is 23.2 Å². The number of hydrogen-bond acceptors (Lipinski definition) is 3. The first kappa shape index (κ1) is 12.4. The van der Waals surface area contributed by atoms with Crippen molar-refractivity contribution in [2.75, 3.05) is 0 Å². The van der Waals surface area contributed by atoms with Gasteiger partial charge in [0, 0.05) is 6.04 Å². The molecule has 4 heteroatoms. The summed E-state index contributed by atoms with van der Waals surface area (Å²) in [5, 5.41) is 9.05. The van der Waals surface area contributed by atoms with Crippen LogP contribution in [0, 0.1) is 23.7 Å². The van der Waals surface area contributed by atoms with Crippen molar-refractivity contribution in [3.8, 4) is 0 Å². The van der Waals surface area contributed by atoms with Crippen LogP contribution >= 0.6 is 0 Å². The molecule has 102 valence electrons. The normalized spacial score (nSPS) is 43.1. The van der Waals surface area contributed by atoms with E-state index in [1.54, 1.807) is 0 Å². The highest BCUT2D eigenvalue weighted by atomic mass is 16.4. The fourth-order valence-electron chi connectivity index (χ4n) is 4.70. The third-order valence-electron chi connectivity index (χ3n) is 5.36. The highest BCUT2D eigenvalue weighted by molar-refractivity contribution is 5.73. The van der Waals surface area contributed by atoms with E-state index >= 15 is 0 Å². The lowest BCUT2D eigenvalue weighted by Crippen LogP contribution is -2.60. The molecular weight excluding hydrogens is 228 g/mol. The van der Waals surface area contributed by atoms with Crippen molar-refractivity contribution in [3.63, 3.8) is 0 Å². The summed E-state index contributed by atoms with van der Waals surface area (Å²) in [6.07, 6.45) is 7.51. The molecule has 1 atom stereocenters. The molecule has 0 heterocycles. The number of aliphatic carboxylic acids is 1. The topological polar surface area (TPSA) is 61.4 Å². The molecule has 0 spiro atoms. The number of nitrogens with one attached hydrogen (secondary N) is 2. The molecule has 0 aromatic carbocycles. The minimum absolute atomic E-state index is 0.456. The summed E-state index contributed by atoms with van der Waals surface area (Å²) in [5.41, 5.74) is 6.41. The second-order valence-corrected chi connectivity index (χ2v) is 6.54. The van der Waals surface area contributed by atoms with E-state index in [0.717, 1.165) is 23.7 Å². The number of carboxylic acids is 1. The maximum atomic E-state index is 11.0. The predicted molar refractivity (Wildman–Crippen MR) is 68.8 cm³/mol. The Kier molecular flexibility index (Phi) is 3.32. The second-order valence-electron chi connectivity index (χ2n) is 6.54. The lowest BCUT2D eigenvalue weighted by Gasteiger charge is -2.54. The summed E-state index contributed by atoms with van der Waals surface area (Å²) < 4.78 is 0. The summed E-state index contributed by atoms with van der Waals surface area (Å²) in [6, 6.07) is 0.0494. The molecule has 18 heavy (non-hydrogen) atoms. The average Bonchev–Trinajstić information content (AvgIpc) is 2.31. The van der Waals surface area contributed by atoms with Crippen molar-refractivity contribution in [2.24, 2.45) is 23.7 Å². The minimum Gasteiger partial charge on any atom is -0.480 e. The third kappa shape index (κ3) is 2.16. The monoisotopic (exact) mass is 252 g/mol. The Morgan fingerprint density at radius 1 is 1.17 bits per heavy atom. The highest BCUT2D eigenvalue weighted by Gasteiger charge is 2.48. The molecule has 0 aliphatic heterocycles. The number of hydrazine groups is 1. The summed E-state index contributed by atoms with van der Waals surface area (Å²) in [6.45, 7) is 1.91. The van der Waals surface area contributed by atoms with Gasteiger partial charge < -0.3 is 5.11 Å². The standard InChI is InChI=1S/C14H24N2O2/c1-2-12(14(17)18)15-16-13-10-4-8-3-9(6-10)7-11(13)5-8/h8-13,15-16H,2-7H2,1H3,(H,17,18). The molecule has 4 fully saturated rings. The number of hydrogen-bond donors (Lipinski definition) is 3. The molecule has 3 N–H and O–H groups in total. The van der Waals surface area contributed by atoms with Gasteiger partial charge in [0.05, 0.1) is 0 Å². The van der Waals surface area contributed by atoms with Gasteiger partial charge in [-0.15, -0.1) is 0 Å². The van der Waals surface area contributed by atoms with Crippen LogP contribution in [-0.2, 0) is 4.79 Å². The Labute approximate surface area is 108 Å². The van der Waals surface area contributed by atoms with Crippen molar-refractivity contribution in [3.05, 3.63) is 0 Å². The van der Waals surface area contributed by atoms with Gasteiger partial charge in [0.15, 0.2) is 0 Å². The zero-order valence-electron chi connectivity index (χ0n) is 11.1. The zero-order valence-corrected chi connectivity index (χ0v) is 11.1. The molecule has 4 saturated carbocycles. The van der Waals surface area contributed by atoms with E-state index in [-0.39, 0.29) is 0 Å². The van der Waals surface area contributed by atoms with Gasteiger partial charge in [-0.1, -0.05) is 6.92 Å². The van der Waals surface area contributed by atoms with E-state index in [4.69, 9.17) is 5.11 Å². The van der Waals surface area contributed by atoms with Crippen LogP contribution in [0.2, 0.25) is 0 Å². The van der Waals surface area contributed by atoms with Gasteiger partial charge in [0.1, 0.15) is 6.04 Å². The van der Waals surface area contributed by atoms with Gasteiger partial charge in [-0.3, -0.25) is 10.2 Å². The molecule has 4 aliphatic carbocycles. The van der Waals surface area contributed by atoms with E-state index in [1.807, 2.05) is 6.92 Å². The Morgan fingerprint density at radius 2 is 1.72 bits per heavy atom. The van der Waals surface area contributed by atoms with Crippen molar-refractivity contribution in [1.82, 2.24) is 10.9 Å². The van der Waals surface area contributed by atoms with Crippen LogP contribution in [0.1, 0.15) is 45.4 Å². The summed E-state index contributed by atoms with van der Waals surface area (Å²) in [4.78, 5) is 11.0. The van der Waals surface area contributed by atoms with Crippen LogP contribution in [0.15, 0.2) is 0 Å². The molecule has 4 aliphatic rings. The van der Waals surface area contributed by atoms with Crippen LogP contribution < -0.4 is 10.9 Å². The van der Waals surface area contributed by atoms with Crippen molar-refractivity contribution in [1.29, 1.82) is 0 Å². The molecule has 4 rings (SSSR count). The Hall–Kier alpha value is -0.610. The van der Waals surface area contributed by atoms with Gasteiger partial charge in [0.2, 0.25) is 0 Å². The van der Waals surface area contributed by atoms with Crippen LogP contribution in [0.25, 0.3) is 0 Å². The largest absolute Gasteiger partial charge is 0.480 e. The van der Waals surface area contributed by atoms with E-state index in [2.05, 4.69) is 10.9 Å². The molecule has 0 saturated heterocycles. The summed E-state index contributed by atoms with van der Waals surface area (Å²) in [7, 11) is 0. The molecule has 4 bridgehead atoms. The molecule has 0 aromatic heterocycles. The van der Waals surface area contributed by atoms with E-state index < -0.39 is 12.0 Å². The minimum atomic E-state index is -0.756. The number of carbonyl (C=O) groups is 1. The average molecular weight is 252 g/mol. The van der Waals surface area contributed by atoms with Crippen molar-refractivity contribution >= 4 is 5.97 Å². The summed E-state index contributed by atoms with van der Waals surface area (Å²) >= 11 is 0. The first-order valence-corrected chi connectivity index (χ1v) is 7.41. The molecular formula is C14H24N2O2. The Balaban J connectivity index is 1.58. The fraction of sp³-hybridized carbons (Fsp3) is 0.929. The van der Waals surface area contributed by atoms with Crippen molar-refractivity contribution in [2.45, 2.75) is 57.5 Å². The Morgan fingerprint density at radius 3 is 2.17 bits per heavy atom. The summed E-state index contributed by atoms with van der Waals surface area (Å²) in [5.74, 6) is 2.73. The van der Waals surface area contributed by atoms with E-state index in [9.17, 15) is 4.79 Å². The van der Waals surface area contributed by atoms with Gasteiger partial charge in [-0.25, -0.2) is 5.43 Å². The van der Waals surface area contributed by atoms with E-state index in [1.165, 1.54) is 32.1 Å². The second kappa shape index (κ2) is 4.82. The third-order valence-corrected chi connectivity index (χ3v) is 5.36. The van der Waals surface area contributed by atoms with Crippen LogP contribution in [0.5, 0.6) is 0 Å². The molecule has 0 amide bonds. The molecule has 0 radical (unpaired) electrons. The molecule has 4 nitrogen and oxygen atoms in total. The SMILES string of the molecule is CCC(NNC1C2CC3CC(C2)CC1C3)C(=O)O. The smallest absolute Gasteiger partial charge is 0.322 e. The van der Waals surface area contributed by atoms with Crippen LogP contribution in [0.4, 0.5) is 0 Å². The van der Waals surface area contributed by atoms with Crippen molar-refractivity contribution < 1.29 is 9.90 Å². The first-order chi connectivity index (χ1) is 8.67. The highest BCUT2D eigenvalue weighted by Crippen LogP contribution is 2.53. The number of rotatable bonds is 5. The fourth-order valence-corrected chi connectivity index (χ4v) is 4.70. The first-order valence-electron chi connectivity index (χ1n) is 7.41. The van der Waals surface area contributed by atoms with Gasteiger partial charge in [0.25, 0.3) is 0 Å². The molecule has 0 aromatic rings. The van der Waals surface area contributed by atoms with Gasteiger partial charge in [-0.05, 0) is 62.2 Å². The van der Waals surface area contributed by atoms with Crippen LogP contribution in [0.3, 0.4) is 0 Å². The maximum absolute atomic E-state index is 11.0. The molecule has 1 unspecified atom stereocenters. The number of carboxylic acid groups (broad SMARTS) is 1. The predicted octanol–water partition coefficient (Wildman–Crippen LogP) is 1.77. The lowest BCUT2D eigenvalue weighted by molar-refractivity contribution is -0.140. The quantitative estimate of drug-likeness (QED) is 0.653.